The Balaban J connectivity index is 1.62. The Kier molecular flexibility index (Phi) is 7.20. The molecule has 3 heterocycles. The summed E-state index contributed by atoms with van der Waals surface area (Å²) < 4.78 is 23.2. The zero-order chi connectivity index (χ0) is 23.2. The fraction of sp³-hybridized carbons (Fsp3) is 0.455. The molecule has 0 spiro atoms. The van der Waals surface area contributed by atoms with E-state index in [4.69, 9.17) is 18.6 Å². The van der Waals surface area contributed by atoms with Crippen LogP contribution in [-0.2, 0) is 11.3 Å². The van der Waals surface area contributed by atoms with Crippen molar-refractivity contribution in [1.82, 2.24) is 30.0 Å². The number of ether oxygens (including phenoxy) is 3. The lowest BCUT2D eigenvalue weighted by atomic mass is 10.0. The van der Waals surface area contributed by atoms with Crippen LogP contribution < -0.4 is 9.47 Å². The predicted molar refractivity (Wildman–Crippen MR) is 117 cm³/mol. The van der Waals surface area contributed by atoms with Gasteiger partial charge in [-0.3, -0.25) is 9.69 Å². The van der Waals surface area contributed by atoms with Crippen LogP contribution in [0.5, 0.6) is 11.5 Å². The van der Waals surface area contributed by atoms with Crippen LogP contribution in [-0.4, -0.2) is 90.0 Å². The van der Waals surface area contributed by atoms with Gasteiger partial charge in [-0.15, -0.1) is 5.10 Å². The fourth-order valence-electron chi connectivity index (χ4n) is 4.03. The Bertz CT molecular complexity index is 1050. The van der Waals surface area contributed by atoms with Crippen molar-refractivity contribution in [2.24, 2.45) is 0 Å². The van der Waals surface area contributed by atoms with Crippen molar-refractivity contribution < 1.29 is 23.4 Å². The van der Waals surface area contributed by atoms with Crippen LogP contribution in [0.15, 0.2) is 41.0 Å². The lowest BCUT2D eigenvalue weighted by molar-refractivity contribution is 0.0557. The molecule has 33 heavy (non-hydrogen) atoms. The maximum atomic E-state index is 12.7. The fourth-order valence-corrected chi connectivity index (χ4v) is 4.03. The van der Waals surface area contributed by atoms with Crippen LogP contribution in [0, 0.1) is 0 Å². The van der Waals surface area contributed by atoms with Gasteiger partial charge in [-0.25, -0.2) is 4.68 Å². The molecule has 1 aromatic carbocycles. The second-order valence-corrected chi connectivity index (χ2v) is 7.58. The van der Waals surface area contributed by atoms with Gasteiger partial charge in [0, 0.05) is 33.3 Å². The molecular formula is C22H28N6O5. The molecule has 1 fully saturated rings. The van der Waals surface area contributed by atoms with Crippen LogP contribution >= 0.6 is 0 Å². The number of methoxy groups -OCH3 is 3. The number of tetrazole rings is 1. The number of carbonyl (C=O) groups excluding carboxylic acids is 1. The lowest BCUT2D eigenvalue weighted by Gasteiger charge is -2.38. The Hall–Kier alpha value is -3.44. The number of piperazine rings is 1. The van der Waals surface area contributed by atoms with Gasteiger partial charge >= 0.3 is 0 Å². The van der Waals surface area contributed by atoms with Crippen LogP contribution in [0.4, 0.5) is 0 Å². The molecule has 0 bridgehead atoms. The summed E-state index contributed by atoms with van der Waals surface area (Å²) >= 11 is 0. The van der Waals surface area contributed by atoms with E-state index in [0.29, 0.717) is 62.4 Å². The number of hydrogen-bond donors (Lipinski definition) is 0. The quantitative estimate of drug-likeness (QED) is 0.473. The van der Waals surface area contributed by atoms with E-state index in [9.17, 15) is 4.79 Å². The van der Waals surface area contributed by atoms with E-state index in [1.165, 1.54) is 6.26 Å². The zero-order valence-corrected chi connectivity index (χ0v) is 19.0. The molecule has 2 aromatic heterocycles. The average Bonchev–Trinajstić information content (AvgIpc) is 3.55. The standard InChI is InChI=1S/C22H28N6O5/c1-30-14-12-28-21(23-24-25-28)20(16-6-7-17(31-2)19(15-16)32-3)26-8-10-27(11-9-26)22(29)18-5-4-13-33-18/h4-7,13,15,20H,8-12,14H2,1-3H3/t20-/m0/s1. The minimum atomic E-state index is -0.238. The molecule has 11 heteroatoms. The van der Waals surface area contributed by atoms with Crippen molar-refractivity contribution in [3.8, 4) is 11.5 Å². The molecule has 176 valence electrons. The molecule has 0 saturated carbocycles. The average molecular weight is 457 g/mol. The summed E-state index contributed by atoms with van der Waals surface area (Å²) in [5.74, 6) is 2.22. The van der Waals surface area contributed by atoms with Crippen LogP contribution in [0.3, 0.4) is 0 Å². The van der Waals surface area contributed by atoms with Crippen molar-refractivity contribution in [1.29, 1.82) is 0 Å². The number of carbonyl (C=O) groups is 1. The Labute approximate surface area is 191 Å². The zero-order valence-electron chi connectivity index (χ0n) is 19.0. The Morgan fingerprint density at radius 3 is 2.55 bits per heavy atom. The second kappa shape index (κ2) is 10.5. The van der Waals surface area contributed by atoms with Gasteiger partial charge in [0.25, 0.3) is 5.91 Å². The third-order valence-corrected chi connectivity index (χ3v) is 5.73. The summed E-state index contributed by atoms with van der Waals surface area (Å²) in [6.07, 6.45) is 1.51. The van der Waals surface area contributed by atoms with Crippen molar-refractivity contribution in [3.63, 3.8) is 0 Å². The minimum absolute atomic E-state index is 0.104. The molecule has 1 atom stereocenters. The molecule has 0 N–H and O–H groups in total. The largest absolute Gasteiger partial charge is 0.493 e. The van der Waals surface area contributed by atoms with Crippen LogP contribution in [0.25, 0.3) is 0 Å². The van der Waals surface area contributed by atoms with E-state index >= 15 is 0 Å². The van der Waals surface area contributed by atoms with Gasteiger partial charge in [-0.05, 0) is 40.3 Å². The number of aromatic nitrogens is 4. The first kappa shape index (κ1) is 22.7. The molecular weight excluding hydrogens is 428 g/mol. The van der Waals surface area contributed by atoms with Gasteiger partial charge in [0.05, 0.1) is 39.7 Å². The number of furan rings is 1. The maximum absolute atomic E-state index is 12.7. The highest BCUT2D eigenvalue weighted by molar-refractivity contribution is 5.91. The summed E-state index contributed by atoms with van der Waals surface area (Å²) in [6.45, 7) is 3.42. The van der Waals surface area contributed by atoms with Gasteiger partial charge < -0.3 is 23.5 Å². The smallest absolute Gasteiger partial charge is 0.289 e. The minimum Gasteiger partial charge on any atom is -0.493 e. The number of amides is 1. The van der Waals surface area contributed by atoms with Crippen LogP contribution in [0.1, 0.15) is 28.0 Å². The summed E-state index contributed by atoms with van der Waals surface area (Å²) in [6, 6.07) is 8.97. The van der Waals surface area contributed by atoms with Gasteiger partial charge in [0.1, 0.15) is 0 Å². The Morgan fingerprint density at radius 1 is 1.09 bits per heavy atom. The number of benzene rings is 1. The van der Waals surface area contributed by atoms with Crippen molar-refractivity contribution in [2.45, 2.75) is 12.6 Å². The summed E-state index contributed by atoms with van der Waals surface area (Å²) in [5.41, 5.74) is 0.965. The van der Waals surface area contributed by atoms with Crippen molar-refractivity contribution in [2.75, 3.05) is 54.1 Å². The molecule has 0 unspecified atom stereocenters. The summed E-state index contributed by atoms with van der Waals surface area (Å²) in [7, 11) is 4.86. The van der Waals surface area contributed by atoms with E-state index in [0.717, 1.165) is 5.56 Å². The molecule has 0 radical (unpaired) electrons. The van der Waals surface area contributed by atoms with E-state index in [2.05, 4.69) is 20.4 Å². The number of rotatable bonds is 9. The molecule has 1 aliphatic rings. The molecule has 1 saturated heterocycles. The van der Waals surface area contributed by atoms with E-state index in [-0.39, 0.29) is 11.9 Å². The normalized spacial score (nSPS) is 15.4. The molecule has 1 aliphatic heterocycles. The van der Waals surface area contributed by atoms with E-state index in [1.54, 1.807) is 43.0 Å². The molecule has 0 aliphatic carbocycles. The van der Waals surface area contributed by atoms with E-state index < -0.39 is 0 Å². The highest BCUT2D eigenvalue weighted by Crippen LogP contribution is 2.35. The summed E-state index contributed by atoms with van der Waals surface area (Å²) in [5, 5.41) is 12.4. The third-order valence-electron chi connectivity index (χ3n) is 5.73. The number of hydrogen-bond acceptors (Lipinski definition) is 9. The topological polar surface area (TPSA) is 108 Å². The van der Waals surface area contributed by atoms with Crippen molar-refractivity contribution >= 4 is 5.91 Å². The molecule has 3 aromatic rings. The van der Waals surface area contributed by atoms with Crippen LogP contribution in [0.2, 0.25) is 0 Å². The van der Waals surface area contributed by atoms with Gasteiger partial charge in [-0.2, -0.15) is 0 Å². The first-order chi connectivity index (χ1) is 16.2. The molecule has 1 amide bonds. The lowest BCUT2D eigenvalue weighted by Crippen LogP contribution is -2.50. The Morgan fingerprint density at radius 2 is 1.88 bits per heavy atom. The highest BCUT2D eigenvalue weighted by atomic mass is 16.5. The van der Waals surface area contributed by atoms with Crippen molar-refractivity contribution in [3.05, 3.63) is 53.7 Å². The first-order valence-corrected chi connectivity index (χ1v) is 10.7. The maximum Gasteiger partial charge on any atom is 0.289 e. The van der Waals surface area contributed by atoms with Gasteiger partial charge in [-0.1, -0.05) is 6.07 Å². The third kappa shape index (κ3) is 4.83. The predicted octanol–water partition coefficient (Wildman–Crippen LogP) is 1.48. The van der Waals surface area contributed by atoms with Gasteiger partial charge in [0.2, 0.25) is 0 Å². The number of nitrogens with zero attached hydrogens (tertiary/aromatic N) is 6. The monoisotopic (exact) mass is 456 g/mol. The first-order valence-electron chi connectivity index (χ1n) is 10.7. The molecule has 4 rings (SSSR count). The van der Waals surface area contributed by atoms with E-state index in [1.807, 2.05) is 18.2 Å². The summed E-state index contributed by atoms with van der Waals surface area (Å²) in [4.78, 5) is 16.8. The second-order valence-electron chi connectivity index (χ2n) is 7.58. The van der Waals surface area contributed by atoms with Gasteiger partial charge in [0.15, 0.2) is 23.1 Å². The highest BCUT2D eigenvalue weighted by Gasteiger charge is 2.33. The SMILES string of the molecule is COCCn1nnnc1[C@H](c1ccc(OC)c(OC)c1)N1CCN(C(=O)c2ccco2)CC1. The molecule has 11 nitrogen and oxygen atoms in total.